The lowest BCUT2D eigenvalue weighted by Gasteiger charge is -2.18. The van der Waals surface area contributed by atoms with Gasteiger partial charge in [0.05, 0.1) is 0 Å². The van der Waals surface area contributed by atoms with Crippen LogP contribution in [-0.4, -0.2) is 63.6 Å². The molecular weight excluding hydrogens is 286 g/mol. The molecule has 1 atom stereocenters. The second kappa shape index (κ2) is 6.57. The smallest absolute Gasteiger partial charge is 0.160 e. The zero-order valence-corrected chi connectivity index (χ0v) is 14.1. The third-order valence-electron chi connectivity index (χ3n) is 5.46. The highest BCUT2D eigenvalue weighted by atomic mass is 15.2. The fraction of sp³-hybridized carbons (Fsp3) is 0.667. The predicted molar refractivity (Wildman–Crippen MR) is 92.7 cm³/mol. The zero-order chi connectivity index (χ0) is 15.6. The van der Waals surface area contributed by atoms with Crippen LogP contribution in [0.2, 0.25) is 0 Å². The minimum absolute atomic E-state index is 0.558. The van der Waals surface area contributed by atoms with Crippen LogP contribution in [0.1, 0.15) is 37.9 Å². The molecular formula is C18H27N5. The van der Waals surface area contributed by atoms with E-state index in [0.717, 1.165) is 37.3 Å². The van der Waals surface area contributed by atoms with E-state index in [1.807, 2.05) is 12.3 Å². The number of imidazole rings is 1. The van der Waals surface area contributed by atoms with Crippen LogP contribution in [0.3, 0.4) is 0 Å². The molecule has 2 saturated heterocycles. The highest BCUT2D eigenvalue weighted by Crippen LogP contribution is 2.28. The normalized spacial score (nSPS) is 23.3. The highest BCUT2D eigenvalue weighted by molar-refractivity contribution is 5.71. The molecule has 0 bridgehead atoms. The molecule has 0 saturated carbocycles. The Kier molecular flexibility index (Phi) is 4.31. The lowest BCUT2D eigenvalue weighted by Crippen LogP contribution is -2.26. The molecule has 0 N–H and O–H groups in total. The molecule has 0 aromatic carbocycles. The number of hydrogen-bond donors (Lipinski definition) is 0. The first-order valence-corrected chi connectivity index (χ1v) is 9.11. The molecule has 0 radical (unpaired) electrons. The van der Waals surface area contributed by atoms with Crippen molar-refractivity contribution < 1.29 is 0 Å². The van der Waals surface area contributed by atoms with Crippen molar-refractivity contribution in [2.75, 3.05) is 39.3 Å². The van der Waals surface area contributed by atoms with E-state index in [0.29, 0.717) is 5.92 Å². The first-order chi connectivity index (χ1) is 11.3. The standard InChI is InChI=1S/C18H27N5/c1-2-21-11-7-15(14-21)17-20-16-6-5-8-19-18(16)23(17)13-12-22-9-3-4-10-22/h5-6,8,15H,2-4,7,9-14H2,1H3. The molecule has 2 aromatic rings. The molecule has 4 rings (SSSR count). The Morgan fingerprint density at radius 1 is 1.13 bits per heavy atom. The van der Waals surface area contributed by atoms with Crippen molar-refractivity contribution in [1.29, 1.82) is 0 Å². The maximum atomic E-state index is 4.96. The molecule has 23 heavy (non-hydrogen) atoms. The highest BCUT2D eigenvalue weighted by Gasteiger charge is 2.28. The van der Waals surface area contributed by atoms with E-state index in [1.165, 1.54) is 44.7 Å². The van der Waals surface area contributed by atoms with Crippen LogP contribution in [0, 0.1) is 0 Å². The minimum Gasteiger partial charge on any atom is -0.311 e. The van der Waals surface area contributed by atoms with Gasteiger partial charge in [0.25, 0.3) is 0 Å². The quantitative estimate of drug-likeness (QED) is 0.849. The third kappa shape index (κ3) is 3.00. The molecule has 2 aromatic heterocycles. The Balaban J connectivity index is 1.61. The van der Waals surface area contributed by atoms with Crippen molar-refractivity contribution in [3.63, 3.8) is 0 Å². The average molecular weight is 313 g/mol. The summed E-state index contributed by atoms with van der Waals surface area (Å²) in [6, 6.07) is 4.10. The van der Waals surface area contributed by atoms with Crippen molar-refractivity contribution in [3.8, 4) is 0 Å². The molecule has 2 aliphatic rings. The van der Waals surface area contributed by atoms with Gasteiger partial charge in [-0.15, -0.1) is 0 Å². The summed E-state index contributed by atoms with van der Waals surface area (Å²) < 4.78 is 2.40. The van der Waals surface area contributed by atoms with Crippen molar-refractivity contribution in [1.82, 2.24) is 24.3 Å². The summed E-state index contributed by atoms with van der Waals surface area (Å²) in [7, 11) is 0. The lowest BCUT2D eigenvalue weighted by atomic mass is 10.1. The summed E-state index contributed by atoms with van der Waals surface area (Å²) >= 11 is 0. The summed E-state index contributed by atoms with van der Waals surface area (Å²) in [6.45, 7) is 10.4. The van der Waals surface area contributed by atoms with Crippen molar-refractivity contribution in [2.45, 2.75) is 38.6 Å². The number of aromatic nitrogens is 3. The van der Waals surface area contributed by atoms with Crippen LogP contribution >= 0.6 is 0 Å². The molecule has 2 aliphatic heterocycles. The molecule has 0 spiro atoms. The van der Waals surface area contributed by atoms with Crippen LogP contribution in [0.15, 0.2) is 18.3 Å². The van der Waals surface area contributed by atoms with Gasteiger partial charge < -0.3 is 14.4 Å². The Hall–Kier alpha value is -1.46. The lowest BCUT2D eigenvalue weighted by molar-refractivity contribution is 0.319. The van der Waals surface area contributed by atoms with E-state index < -0.39 is 0 Å². The van der Waals surface area contributed by atoms with Crippen LogP contribution in [0.25, 0.3) is 11.2 Å². The van der Waals surface area contributed by atoms with E-state index in [-0.39, 0.29) is 0 Å². The zero-order valence-electron chi connectivity index (χ0n) is 14.1. The van der Waals surface area contributed by atoms with E-state index in [2.05, 4.69) is 32.3 Å². The van der Waals surface area contributed by atoms with Gasteiger partial charge in [-0.05, 0) is 57.6 Å². The predicted octanol–water partition coefficient (Wildman–Crippen LogP) is 2.34. The summed E-state index contributed by atoms with van der Waals surface area (Å²) in [5, 5.41) is 0. The SMILES string of the molecule is CCN1CCC(c2nc3cccnc3n2CCN2CCCC2)C1. The van der Waals surface area contributed by atoms with Gasteiger partial charge in [-0.1, -0.05) is 6.92 Å². The number of likely N-dealkylation sites (tertiary alicyclic amines) is 2. The van der Waals surface area contributed by atoms with E-state index in [9.17, 15) is 0 Å². The van der Waals surface area contributed by atoms with Crippen molar-refractivity contribution in [2.24, 2.45) is 0 Å². The van der Waals surface area contributed by atoms with Crippen LogP contribution in [-0.2, 0) is 6.54 Å². The number of nitrogens with zero attached hydrogens (tertiary/aromatic N) is 5. The summed E-state index contributed by atoms with van der Waals surface area (Å²) in [5.74, 6) is 1.82. The second-order valence-electron chi connectivity index (χ2n) is 6.90. The molecule has 5 heteroatoms. The summed E-state index contributed by atoms with van der Waals surface area (Å²) in [5.41, 5.74) is 2.12. The Morgan fingerprint density at radius 3 is 2.78 bits per heavy atom. The fourth-order valence-corrected chi connectivity index (χ4v) is 4.09. The molecule has 0 aliphatic carbocycles. The number of rotatable bonds is 5. The van der Waals surface area contributed by atoms with Crippen LogP contribution < -0.4 is 0 Å². The van der Waals surface area contributed by atoms with E-state index in [1.54, 1.807) is 0 Å². The van der Waals surface area contributed by atoms with Crippen molar-refractivity contribution in [3.05, 3.63) is 24.2 Å². The number of pyridine rings is 1. The van der Waals surface area contributed by atoms with Gasteiger partial charge in [-0.25, -0.2) is 9.97 Å². The van der Waals surface area contributed by atoms with Gasteiger partial charge in [-0.2, -0.15) is 0 Å². The van der Waals surface area contributed by atoms with Gasteiger partial charge in [0.2, 0.25) is 0 Å². The molecule has 124 valence electrons. The number of likely N-dealkylation sites (N-methyl/N-ethyl adjacent to an activating group) is 1. The van der Waals surface area contributed by atoms with Gasteiger partial charge in [-0.3, -0.25) is 0 Å². The van der Waals surface area contributed by atoms with Crippen LogP contribution in [0.5, 0.6) is 0 Å². The van der Waals surface area contributed by atoms with Crippen LogP contribution in [0.4, 0.5) is 0 Å². The number of hydrogen-bond acceptors (Lipinski definition) is 4. The third-order valence-corrected chi connectivity index (χ3v) is 5.46. The summed E-state index contributed by atoms with van der Waals surface area (Å²) in [4.78, 5) is 14.7. The Labute approximate surface area is 138 Å². The monoisotopic (exact) mass is 313 g/mol. The van der Waals surface area contributed by atoms with Gasteiger partial charge >= 0.3 is 0 Å². The van der Waals surface area contributed by atoms with Gasteiger partial charge in [0.1, 0.15) is 11.3 Å². The molecule has 1 unspecified atom stereocenters. The molecule has 2 fully saturated rings. The Morgan fingerprint density at radius 2 is 2.00 bits per heavy atom. The van der Waals surface area contributed by atoms with E-state index in [4.69, 9.17) is 4.98 Å². The topological polar surface area (TPSA) is 37.2 Å². The molecule has 4 heterocycles. The van der Waals surface area contributed by atoms with Gasteiger partial charge in [0, 0.05) is 31.7 Å². The van der Waals surface area contributed by atoms with Gasteiger partial charge in [0.15, 0.2) is 5.65 Å². The first kappa shape index (κ1) is 15.1. The summed E-state index contributed by atoms with van der Waals surface area (Å²) in [6.07, 6.45) is 5.82. The maximum absolute atomic E-state index is 4.96. The minimum atomic E-state index is 0.558. The average Bonchev–Trinajstić information content (AvgIpc) is 3.31. The Bertz CT molecular complexity index is 658. The maximum Gasteiger partial charge on any atom is 0.160 e. The first-order valence-electron chi connectivity index (χ1n) is 9.11. The van der Waals surface area contributed by atoms with Crippen molar-refractivity contribution >= 4 is 11.2 Å². The largest absolute Gasteiger partial charge is 0.311 e. The molecule has 5 nitrogen and oxygen atoms in total. The second-order valence-corrected chi connectivity index (χ2v) is 6.90. The van der Waals surface area contributed by atoms with E-state index >= 15 is 0 Å². The number of fused-ring (bicyclic) bond motifs is 1. The molecule has 0 amide bonds. The fourth-order valence-electron chi connectivity index (χ4n) is 4.09.